The molecular formula is C15H15N5. The number of aliphatic imine (C=N–C) groups is 1. The van der Waals surface area contributed by atoms with Crippen LogP contribution in [0, 0.1) is 11.3 Å². The minimum atomic E-state index is 0.415. The number of nitrogens with one attached hydrogen (secondary N) is 2. The van der Waals surface area contributed by atoms with Crippen molar-refractivity contribution in [3.63, 3.8) is 0 Å². The van der Waals surface area contributed by atoms with Crippen LogP contribution in [-0.2, 0) is 0 Å². The van der Waals surface area contributed by atoms with Crippen LogP contribution in [0.4, 0.5) is 0 Å². The molecule has 1 aromatic heterocycles. The van der Waals surface area contributed by atoms with Crippen LogP contribution < -0.4 is 10.6 Å². The summed E-state index contributed by atoms with van der Waals surface area (Å²) in [7, 11) is 0. The molecule has 0 spiro atoms. The molecule has 3 rings (SSSR count). The molecule has 1 aliphatic carbocycles. The van der Waals surface area contributed by atoms with Crippen LogP contribution in [0.5, 0.6) is 0 Å². The fourth-order valence-corrected chi connectivity index (χ4v) is 1.97. The first-order valence-corrected chi connectivity index (χ1v) is 6.62. The van der Waals surface area contributed by atoms with Gasteiger partial charge in [-0.15, -0.1) is 0 Å². The molecule has 1 fully saturated rings. The second-order valence-electron chi connectivity index (χ2n) is 4.88. The lowest BCUT2D eigenvalue weighted by atomic mass is 10.1. The standard InChI is InChI=1S/C15H15N5/c1-10-9-18-15(19-11-5-6-11)20-14(10)12(8-16)13-4-2-3-7-17-13/h2-4,7,9,11H,5-6H2,1H3,(H2,18,19,20)/b14-12+. The first-order chi connectivity index (χ1) is 9.78. The summed E-state index contributed by atoms with van der Waals surface area (Å²) in [5, 5.41) is 15.8. The molecule has 1 aliphatic heterocycles. The lowest BCUT2D eigenvalue weighted by Gasteiger charge is -2.21. The van der Waals surface area contributed by atoms with Gasteiger partial charge in [0.15, 0.2) is 5.96 Å². The molecule has 2 N–H and O–H groups in total. The highest BCUT2D eigenvalue weighted by Crippen LogP contribution is 2.25. The van der Waals surface area contributed by atoms with Gasteiger partial charge in [0.1, 0.15) is 11.6 Å². The fourth-order valence-electron chi connectivity index (χ4n) is 1.97. The maximum Gasteiger partial charge on any atom is 0.200 e. The van der Waals surface area contributed by atoms with Gasteiger partial charge >= 0.3 is 0 Å². The third-order valence-electron chi connectivity index (χ3n) is 3.20. The van der Waals surface area contributed by atoms with Crippen molar-refractivity contribution in [3.8, 4) is 6.07 Å². The summed E-state index contributed by atoms with van der Waals surface area (Å²) in [6.45, 7) is 1.95. The minimum absolute atomic E-state index is 0.415. The van der Waals surface area contributed by atoms with E-state index in [-0.39, 0.29) is 0 Å². The van der Waals surface area contributed by atoms with Crippen LogP contribution in [0.1, 0.15) is 25.5 Å². The van der Waals surface area contributed by atoms with Crippen molar-refractivity contribution in [2.75, 3.05) is 0 Å². The normalized spacial score (nSPS) is 22.4. The highest BCUT2D eigenvalue weighted by atomic mass is 15.2. The van der Waals surface area contributed by atoms with Crippen LogP contribution in [-0.4, -0.2) is 17.0 Å². The predicted octanol–water partition coefficient (Wildman–Crippen LogP) is 1.93. The molecule has 0 aromatic carbocycles. The zero-order valence-corrected chi connectivity index (χ0v) is 11.2. The monoisotopic (exact) mass is 265 g/mol. The van der Waals surface area contributed by atoms with Gasteiger partial charge in [0.25, 0.3) is 0 Å². The molecule has 0 unspecified atom stereocenters. The summed E-state index contributed by atoms with van der Waals surface area (Å²) in [6, 6.07) is 8.20. The Labute approximate surface area is 117 Å². The van der Waals surface area contributed by atoms with Crippen LogP contribution in [0.2, 0.25) is 0 Å². The molecule has 0 radical (unpaired) electrons. The number of pyridine rings is 1. The number of aromatic nitrogens is 1. The Balaban J connectivity index is 2.00. The van der Waals surface area contributed by atoms with Crippen molar-refractivity contribution in [3.05, 3.63) is 47.6 Å². The van der Waals surface area contributed by atoms with E-state index >= 15 is 0 Å². The van der Waals surface area contributed by atoms with Gasteiger partial charge in [-0.1, -0.05) is 6.07 Å². The predicted molar refractivity (Wildman–Crippen MR) is 77.3 cm³/mol. The highest BCUT2D eigenvalue weighted by Gasteiger charge is 2.23. The Morgan fingerprint density at radius 2 is 2.30 bits per heavy atom. The number of nitriles is 1. The lowest BCUT2D eigenvalue weighted by molar-refractivity contribution is 0.935. The van der Waals surface area contributed by atoms with Crippen LogP contribution in [0.3, 0.4) is 0 Å². The quantitative estimate of drug-likeness (QED) is 0.801. The third kappa shape index (κ3) is 2.54. The molecule has 0 amide bonds. The summed E-state index contributed by atoms with van der Waals surface area (Å²) in [5.41, 5.74) is 2.92. The minimum Gasteiger partial charge on any atom is -0.332 e. The lowest BCUT2D eigenvalue weighted by Crippen LogP contribution is -2.39. The smallest absolute Gasteiger partial charge is 0.200 e. The number of guanidine groups is 1. The number of nitrogens with zero attached hydrogens (tertiary/aromatic N) is 3. The van der Waals surface area contributed by atoms with E-state index in [0.717, 1.165) is 24.1 Å². The largest absolute Gasteiger partial charge is 0.332 e. The maximum absolute atomic E-state index is 9.45. The summed E-state index contributed by atoms with van der Waals surface area (Å²) in [6.07, 6.45) is 5.83. The van der Waals surface area contributed by atoms with Gasteiger partial charge in [0.05, 0.1) is 17.4 Å². The van der Waals surface area contributed by atoms with Crippen molar-refractivity contribution in [1.29, 1.82) is 5.26 Å². The number of hydrogen-bond acceptors (Lipinski definition) is 3. The Morgan fingerprint density at radius 1 is 1.45 bits per heavy atom. The Bertz CT molecular complexity index is 645. The number of rotatable bonds is 2. The van der Waals surface area contributed by atoms with Crippen molar-refractivity contribution in [2.24, 2.45) is 4.99 Å². The molecule has 1 saturated carbocycles. The zero-order chi connectivity index (χ0) is 13.9. The van der Waals surface area contributed by atoms with Gasteiger partial charge < -0.3 is 10.6 Å². The van der Waals surface area contributed by atoms with Gasteiger partial charge in [-0.05, 0) is 37.5 Å². The molecule has 0 saturated heterocycles. The molecule has 2 aliphatic rings. The average Bonchev–Trinajstić information content (AvgIpc) is 3.28. The summed E-state index contributed by atoms with van der Waals surface area (Å²) in [4.78, 5) is 8.78. The fraction of sp³-hybridized carbons (Fsp3) is 0.267. The summed E-state index contributed by atoms with van der Waals surface area (Å²) >= 11 is 0. The van der Waals surface area contributed by atoms with Crippen LogP contribution >= 0.6 is 0 Å². The first-order valence-electron chi connectivity index (χ1n) is 6.62. The van der Waals surface area contributed by atoms with E-state index in [9.17, 15) is 5.26 Å². The number of allylic oxidation sites excluding steroid dienone is 2. The summed E-state index contributed by atoms with van der Waals surface area (Å²) in [5.74, 6) is 0.705. The molecule has 20 heavy (non-hydrogen) atoms. The highest BCUT2D eigenvalue weighted by molar-refractivity contribution is 5.91. The zero-order valence-electron chi connectivity index (χ0n) is 11.2. The molecule has 2 heterocycles. The second-order valence-corrected chi connectivity index (χ2v) is 4.88. The van der Waals surface area contributed by atoms with E-state index in [1.54, 1.807) is 6.20 Å². The van der Waals surface area contributed by atoms with E-state index in [2.05, 4.69) is 26.7 Å². The maximum atomic E-state index is 9.45. The number of hydrogen-bond donors (Lipinski definition) is 2. The van der Waals surface area contributed by atoms with Crippen LogP contribution in [0.15, 0.2) is 46.9 Å². The van der Waals surface area contributed by atoms with Crippen molar-refractivity contribution in [1.82, 2.24) is 15.6 Å². The molecule has 100 valence electrons. The Morgan fingerprint density at radius 3 is 2.95 bits per heavy atom. The molecule has 5 nitrogen and oxygen atoms in total. The van der Waals surface area contributed by atoms with Gasteiger partial charge in [0, 0.05) is 12.4 Å². The Hall–Kier alpha value is -2.61. The van der Waals surface area contributed by atoms with Gasteiger partial charge in [-0.2, -0.15) is 5.26 Å². The van der Waals surface area contributed by atoms with Crippen molar-refractivity contribution in [2.45, 2.75) is 25.8 Å². The summed E-state index contributed by atoms with van der Waals surface area (Å²) < 4.78 is 0. The van der Waals surface area contributed by atoms with Crippen molar-refractivity contribution >= 4 is 11.5 Å². The second kappa shape index (κ2) is 5.17. The van der Waals surface area contributed by atoms with Gasteiger partial charge in [-0.3, -0.25) is 4.98 Å². The van der Waals surface area contributed by atoms with E-state index in [0.29, 0.717) is 23.3 Å². The molecule has 0 bridgehead atoms. The van der Waals surface area contributed by atoms with Crippen LogP contribution in [0.25, 0.3) is 5.57 Å². The van der Waals surface area contributed by atoms with Crippen molar-refractivity contribution < 1.29 is 0 Å². The molecule has 1 aromatic rings. The van der Waals surface area contributed by atoms with E-state index < -0.39 is 0 Å². The van der Waals surface area contributed by atoms with Gasteiger partial charge in [0.2, 0.25) is 0 Å². The Kier molecular flexibility index (Phi) is 3.21. The molecular weight excluding hydrogens is 250 g/mol. The SMILES string of the molecule is CC1=CNC(=NC2CC2)N/C1=C(\C#N)c1ccccn1. The third-order valence-corrected chi connectivity index (χ3v) is 3.20. The van der Waals surface area contributed by atoms with E-state index in [1.165, 1.54) is 0 Å². The first kappa shape index (κ1) is 12.4. The average molecular weight is 265 g/mol. The van der Waals surface area contributed by atoms with Gasteiger partial charge in [-0.25, -0.2) is 4.99 Å². The van der Waals surface area contributed by atoms with E-state index in [4.69, 9.17) is 0 Å². The topological polar surface area (TPSA) is 73.1 Å². The molecule has 0 atom stereocenters. The van der Waals surface area contributed by atoms with E-state index in [1.807, 2.05) is 31.3 Å². The molecule has 5 heteroatoms.